The van der Waals surface area contributed by atoms with Crippen LogP contribution in [-0.4, -0.2) is 26.7 Å². The van der Waals surface area contributed by atoms with Crippen LogP contribution in [-0.2, 0) is 21.4 Å². The zero-order valence-electron chi connectivity index (χ0n) is 13.0. The molecule has 1 heterocycles. The van der Waals surface area contributed by atoms with Crippen molar-refractivity contribution in [1.82, 2.24) is 0 Å². The molecule has 0 aliphatic rings. The largest absolute Gasteiger partial charge is 0.378 e. The molecule has 0 fully saturated rings. The molecule has 0 saturated carbocycles. The van der Waals surface area contributed by atoms with Crippen LogP contribution in [0.1, 0.15) is 11.1 Å². The van der Waals surface area contributed by atoms with Gasteiger partial charge in [0.2, 0.25) is 0 Å². The number of rotatable bonds is 4. The smallest absolute Gasteiger partial charge is 0.294 e. The first kappa shape index (κ1) is 18.8. The number of nitriles is 1. The van der Waals surface area contributed by atoms with E-state index in [1.807, 2.05) is 23.8 Å². The molecule has 0 aliphatic carbocycles. The molecule has 7 heteroatoms. The maximum Gasteiger partial charge on any atom is 0.294 e. The van der Waals surface area contributed by atoms with Crippen molar-refractivity contribution in [1.29, 1.82) is 5.26 Å². The van der Waals surface area contributed by atoms with Crippen LogP contribution in [0.2, 0.25) is 0 Å². The highest BCUT2D eigenvalue weighted by molar-refractivity contribution is 7.85. The number of methoxy groups -OCH3 is 1. The van der Waals surface area contributed by atoms with Gasteiger partial charge in [0, 0.05) is 13.2 Å². The first-order valence-corrected chi connectivity index (χ1v) is 8.23. The van der Waals surface area contributed by atoms with E-state index in [0.717, 1.165) is 12.1 Å². The van der Waals surface area contributed by atoms with Crippen molar-refractivity contribution in [2.24, 2.45) is 0 Å². The molecule has 0 amide bonds. The highest BCUT2D eigenvalue weighted by Crippen LogP contribution is 2.08. The summed E-state index contributed by atoms with van der Waals surface area (Å²) in [4.78, 5) is -0.0666. The lowest BCUT2D eigenvalue weighted by molar-refractivity contribution is -0.698. The molecule has 0 spiro atoms. The summed E-state index contributed by atoms with van der Waals surface area (Å²) in [5, 5.41) is 8.59. The Morgan fingerprint density at radius 2 is 1.91 bits per heavy atom. The predicted molar refractivity (Wildman–Crippen MR) is 84.2 cm³/mol. The second kappa shape index (κ2) is 9.00. The molecule has 122 valence electrons. The van der Waals surface area contributed by atoms with Crippen molar-refractivity contribution in [2.75, 3.05) is 13.7 Å². The number of aryl methyl sites for hydroxylation is 1. The van der Waals surface area contributed by atoms with Gasteiger partial charge in [-0.15, -0.1) is 0 Å². The molecule has 0 unspecified atom stereocenters. The number of hydrogen-bond donors (Lipinski definition) is 1. The first-order valence-electron chi connectivity index (χ1n) is 6.79. The van der Waals surface area contributed by atoms with Crippen molar-refractivity contribution in [3.63, 3.8) is 0 Å². The molecule has 0 atom stereocenters. The molecule has 0 aliphatic heterocycles. The van der Waals surface area contributed by atoms with Gasteiger partial charge in [-0.3, -0.25) is 4.55 Å². The quantitative estimate of drug-likeness (QED) is 0.679. The minimum atomic E-state index is -4.02. The van der Waals surface area contributed by atoms with Crippen LogP contribution in [0.5, 0.6) is 0 Å². The highest BCUT2D eigenvalue weighted by atomic mass is 32.2. The third-order valence-corrected chi connectivity index (χ3v) is 3.73. The highest BCUT2D eigenvalue weighted by Gasteiger charge is 2.06. The van der Waals surface area contributed by atoms with E-state index in [9.17, 15) is 8.42 Å². The molecule has 6 nitrogen and oxygen atoms in total. The molecule has 1 aromatic heterocycles. The summed E-state index contributed by atoms with van der Waals surface area (Å²) in [6.45, 7) is 3.29. The first-order chi connectivity index (χ1) is 10.9. The average Bonchev–Trinajstić information content (AvgIpc) is 2.53. The predicted octanol–water partition coefficient (Wildman–Crippen LogP) is 1.73. The Balaban J connectivity index is 0.000000231. The van der Waals surface area contributed by atoms with Crippen LogP contribution < -0.4 is 4.57 Å². The lowest BCUT2D eigenvalue weighted by Gasteiger charge is -1.95. The maximum atomic E-state index is 10.5. The molecule has 0 saturated heterocycles. The number of aromatic nitrogens is 1. The fourth-order valence-electron chi connectivity index (χ4n) is 1.63. The summed E-state index contributed by atoms with van der Waals surface area (Å²) >= 11 is 0. The number of hydrogen-bond acceptors (Lipinski definition) is 4. The van der Waals surface area contributed by atoms with Crippen molar-refractivity contribution >= 4 is 10.1 Å². The van der Waals surface area contributed by atoms with Gasteiger partial charge in [-0.25, -0.2) is 4.57 Å². The molecule has 2 aromatic rings. The van der Waals surface area contributed by atoms with Crippen molar-refractivity contribution in [2.45, 2.75) is 18.4 Å². The number of benzene rings is 1. The minimum absolute atomic E-state index is 0.0666. The van der Waals surface area contributed by atoms with E-state index in [2.05, 4.69) is 6.07 Å². The summed E-state index contributed by atoms with van der Waals surface area (Å²) < 4.78 is 36.4. The molecule has 23 heavy (non-hydrogen) atoms. The van der Waals surface area contributed by atoms with Gasteiger partial charge in [-0.2, -0.15) is 13.7 Å². The number of ether oxygens (including phenoxy) is 1. The average molecular weight is 335 g/mol. The van der Waals surface area contributed by atoms with E-state index in [0.29, 0.717) is 12.2 Å². The Morgan fingerprint density at radius 3 is 2.43 bits per heavy atom. The normalized spacial score (nSPS) is 10.3. The zero-order chi connectivity index (χ0) is 17.3. The SMILES string of the molecule is COCC[n+]1cccc(C#N)c1.Cc1ccc(S(=O)(=O)O)cc1. The van der Waals surface area contributed by atoms with E-state index in [4.69, 9.17) is 14.6 Å². The molecule has 2 rings (SSSR count). The van der Waals surface area contributed by atoms with Gasteiger partial charge < -0.3 is 4.74 Å². The summed E-state index contributed by atoms with van der Waals surface area (Å²) in [5.74, 6) is 0. The number of nitrogens with zero attached hydrogens (tertiary/aromatic N) is 2. The Kier molecular flexibility index (Phi) is 7.35. The lowest BCUT2D eigenvalue weighted by atomic mass is 10.2. The topological polar surface area (TPSA) is 91.3 Å². The van der Waals surface area contributed by atoms with E-state index >= 15 is 0 Å². The Morgan fingerprint density at radius 1 is 1.26 bits per heavy atom. The van der Waals surface area contributed by atoms with E-state index in [1.54, 1.807) is 31.5 Å². The van der Waals surface area contributed by atoms with Crippen LogP contribution in [0.3, 0.4) is 0 Å². The Bertz CT molecular complexity index is 765. The van der Waals surface area contributed by atoms with Crippen molar-refractivity contribution in [3.05, 3.63) is 59.9 Å². The summed E-state index contributed by atoms with van der Waals surface area (Å²) in [5.41, 5.74) is 1.63. The molecular formula is C16H19N2O4S+. The molecule has 0 radical (unpaired) electrons. The van der Waals surface area contributed by atoms with E-state index in [1.165, 1.54) is 12.1 Å². The van der Waals surface area contributed by atoms with E-state index < -0.39 is 10.1 Å². The second-order valence-electron chi connectivity index (χ2n) is 4.72. The molecular weight excluding hydrogens is 316 g/mol. The van der Waals surface area contributed by atoms with E-state index in [-0.39, 0.29) is 4.90 Å². The minimum Gasteiger partial charge on any atom is -0.378 e. The summed E-state index contributed by atoms with van der Waals surface area (Å²) in [6, 6.07) is 11.7. The summed E-state index contributed by atoms with van der Waals surface area (Å²) in [7, 11) is -2.36. The van der Waals surface area contributed by atoms with Gasteiger partial charge in [-0.1, -0.05) is 17.7 Å². The van der Waals surface area contributed by atoms with Crippen molar-refractivity contribution < 1.29 is 22.3 Å². The lowest BCUT2D eigenvalue weighted by Crippen LogP contribution is -2.35. The van der Waals surface area contributed by atoms with Crippen LogP contribution >= 0.6 is 0 Å². The van der Waals surface area contributed by atoms with Gasteiger partial charge in [0.15, 0.2) is 18.9 Å². The summed E-state index contributed by atoms with van der Waals surface area (Å²) in [6.07, 6.45) is 3.72. The second-order valence-corrected chi connectivity index (χ2v) is 6.14. The standard InChI is InChI=1S/C9H11N2O.C7H8O3S/c1-12-6-5-11-4-2-3-9(7-10)8-11;1-6-2-4-7(5-3-6)11(8,9)10/h2-4,8H,5-6H2,1H3;2-5H,1H3,(H,8,9,10)/q+1;. The molecule has 1 aromatic carbocycles. The van der Waals surface area contributed by atoms with Gasteiger partial charge in [0.05, 0.1) is 4.90 Å². The monoisotopic (exact) mass is 335 g/mol. The van der Waals surface area contributed by atoms with Crippen LogP contribution in [0, 0.1) is 18.3 Å². The third kappa shape index (κ3) is 7.02. The fraction of sp³-hybridized carbons (Fsp3) is 0.250. The van der Waals surface area contributed by atoms with Crippen LogP contribution in [0.15, 0.2) is 53.7 Å². The maximum absolute atomic E-state index is 10.5. The van der Waals surface area contributed by atoms with Crippen molar-refractivity contribution in [3.8, 4) is 6.07 Å². The van der Waals surface area contributed by atoms with Crippen LogP contribution in [0.25, 0.3) is 0 Å². The van der Waals surface area contributed by atoms with Gasteiger partial charge in [-0.05, 0) is 25.1 Å². The van der Waals surface area contributed by atoms with Crippen LogP contribution in [0.4, 0.5) is 0 Å². The van der Waals surface area contributed by atoms with Gasteiger partial charge >= 0.3 is 0 Å². The Hall–Kier alpha value is -2.27. The molecule has 0 bridgehead atoms. The number of pyridine rings is 1. The fourth-order valence-corrected chi connectivity index (χ4v) is 2.11. The van der Waals surface area contributed by atoms with Gasteiger partial charge in [0.1, 0.15) is 18.2 Å². The van der Waals surface area contributed by atoms with Gasteiger partial charge in [0.25, 0.3) is 10.1 Å². The Labute approximate surface area is 136 Å². The molecule has 1 N–H and O–H groups in total. The third-order valence-electron chi connectivity index (χ3n) is 2.86. The zero-order valence-corrected chi connectivity index (χ0v) is 13.8.